The summed E-state index contributed by atoms with van der Waals surface area (Å²) in [4.78, 5) is 0. The molecule has 0 fully saturated rings. The minimum atomic E-state index is -1.07. The Kier molecular flexibility index (Phi) is 2.60. The highest BCUT2D eigenvalue weighted by Gasteiger charge is 2.26. The average Bonchev–Trinajstić information content (AvgIpc) is 1.97. The molecular weight excluding hydrogens is 187 g/mol. The summed E-state index contributed by atoms with van der Waals surface area (Å²) in [5.41, 5.74) is 0.618. The van der Waals surface area contributed by atoms with Crippen molar-refractivity contribution in [1.29, 1.82) is 0 Å². The lowest BCUT2D eigenvalue weighted by molar-refractivity contribution is 0.0683. The molecule has 0 saturated carbocycles. The van der Waals surface area contributed by atoms with Crippen LogP contribution in [0.25, 0.3) is 0 Å². The Morgan fingerprint density at radius 2 is 1.82 bits per heavy atom. The van der Waals surface area contributed by atoms with E-state index in [0.717, 1.165) is 0 Å². The summed E-state index contributed by atoms with van der Waals surface area (Å²) in [6, 6.07) is 0. The molecule has 1 rings (SSSR count). The van der Waals surface area contributed by atoms with Crippen molar-refractivity contribution in [3.05, 3.63) is 21.7 Å². The number of rotatable bonds is 0. The summed E-state index contributed by atoms with van der Waals surface area (Å²) in [5.74, 6) is 0. The molecule has 0 aromatic carbocycles. The molecule has 62 valence electrons. The Hall–Kier alpha value is -0.0200. The summed E-state index contributed by atoms with van der Waals surface area (Å²) in [6.07, 6.45) is -0.458. The first-order chi connectivity index (χ1) is 5.04. The predicted octanol–water partition coefficient (Wildman–Crippen LogP) is 1.36. The lowest BCUT2D eigenvalue weighted by Crippen LogP contribution is -2.29. The third kappa shape index (κ3) is 1.59. The summed E-state index contributed by atoms with van der Waals surface area (Å²) in [6.45, 7) is 1.68. The van der Waals surface area contributed by atoms with Crippen LogP contribution in [0.15, 0.2) is 21.7 Å². The van der Waals surface area contributed by atoms with E-state index in [1.807, 2.05) is 0 Å². The fourth-order valence-corrected chi connectivity index (χ4v) is 1.34. The molecule has 2 nitrogen and oxygen atoms in total. The Balaban J connectivity index is 3.01. The number of aliphatic hydroxyl groups excluding tert-OH is 2. The van der Waals surface area contributed by atoms with Gasteiger partial charge >= 0.3 is 0 Å². The van der Waals surface area contributed by atoms with E-state index in [1.165, 1.54) is 0 Å². The zero-order valence-corrected chi connectivity index (χ0v) is 7.39. The summed E-state index contributed by atoms with van der Waals surface area (Å²) < 4.78 is 0. The van der Waals surface area contributed by atoms with Gasteiger partial charge in [-0.2, -0.15) is 0 Å². The molecule has 2 atom stereocenters. The molecule has 0 heterocycles. The Morgan fingerprint density at radius 3 is 2.36 bits per heavy atom. The topological polar surface area (TPSA) is 40.5 Å². The Labute approximate surface area is 74.7 Å². The first-order valence-corrected chi connectivity index (χ1v) is 3.89. The number of allylic oxidation sites excluding steroid dienone is 2. The minimum absolute atomic E-state index is 0.102. The molecule has 1 aliphatic carbocycles. The van der Waals surface area contributed by atoms with Gasteiger partial charge in [0.2, 0.25) is 0 Å². The van der Waals surface area contributed by atoms with E-state index < -0.39 is 12.2 Å². The first-order valence-electron chi connectivity index (χ1n) is 3.13. The zero-order valence-electron chi connectivity index (χ0n) is 5.88. The van der Waals surface area contributed by atoms with Crippen molar-refractivity contribution < 1.29 is 10.2 Å². The van der Waals surface area contributed by atoms with Crippen LogP contribution in [0, 0.1) is 0 Å². The summed E-state index contributed by atoms with van der Waals surface area (Å²) >= 11 is 11.2. The second-order valence-electron chi connectivity index (χ2n) is 2.47. The van der Waals surface area contributed by atoms with Gasteiger partial charge in [0.1, 0.15) is 12.2 Å². The molecule has 11 heavy (non-hydrogen) atoms. The SMILES string of the molecule is CC1=CC(Cl)=C(Cl)[C@H](O)[C@@H]1O. The van der Waals surface area contributed by atoms with Gasteiger partial charge < -0.3 is 10.2 Å². The molecule has 0 amide bonds. The van der Waals surface area contributed by atoms with E-state index in [1.54, 1.807) is 13.0 Å². The fourth-order valence-electron chi connectivity index (χ4n) is 0.883. The molecule has 2 N–H and O–H groups in total. The van der Waals surface area contributed by atoms with Crippen LogP contribution in [0.4, 0.5) is 0 Å². The minimum Gasteiger partial charge on any atom is -0.386 e. The lowest BCUT2D eigenvalue weighted by atomic mass is 10.0. The maximum Gasteiger partial charge on any atom is 0.121 e. The van der Waals surface area contributed by atoms with Crippen LogP contribution in [0.5, 0.6) is 0 Å². The quantitative estimate of drug-likeness (QED) is 0.612. The second-order valence-corrected chi connectivity index (χ2v) is 3.29. The van der Waals surface area contributed by atoms with Crippen LogP contribution in [0.1, 0.15) is 6.92 Å². The van der Waals surface area contributed by atoms with Crippen LogP contribution in [-0.4, -0.2) is 22.4 Å². The molecular formula is C7H8Cl2O2. The maximum atomic E-state index is 9.24. The van der Waals surface area contributed by atoms with Crippen LogP contribution >= 0.6 is 23.2 Å². The van der Waals surface area contributed by atoms with Gasteiger partial charge in [-0.25, -0.2) is 0 Å². The third-order valence-electron chi connectivity index (χ3n) is 1.61. The molecule has 0 aliphatic heterocycles. The van der Waals surface area contributed by atoms with E-state index >= 15 is 0 Å². The monoisotopic (exact) mass is 194 g/mol. The van der Waals surface area contributed by atoms with Gasteiger partial charge in [0, 0.05) is 0 Å². The lowest BCUT2D eigenvalue weighted by Gasteiger charge is -2.22. The zero-order chi connectivity index (χ0) is 8.59. The van der Waals surface area contributed by atoms with Crippen molar-refractivity contribution in [1.82, 2.24) is 0 Å². The standard InChI is InChI=1S/C7H8Cl2O2/c1-3-2-4(8)5(9)7(11)6(3)10/h2,6-7,10-11H,1H3/t6-,7+/m1/s1. The van der Waals surface area contributed by atoms with Crippen molar-refractivity contribution in [2.24, 2.45) is 0 Å². The van der Waals surface area contributed by atoms with E-state index in [-0.39, 0.29) is 5.03 Å². The highest BCUT2D eigenvalue weighted by Crippen LogP contribution is 2.29. The molecule has 0 unspecified atom stereocenters. The van der Waals surface area contributed by atoms with Gasteiger partial charge in [-0.1, -0.05) is 23.2 Å². The predicted molar refractivity (Wildman–Crippen MR) is 44.5 cm³/mol. The van der Waals surface area contributed by atoms with Crippen molar-refractivity contribution in [3.8, 4) is 0 Å². The molecule has 4 heteroatoms. The normalized spacial score (nSPS) is 32.3. The van der Waals surface area contributed by atoms with Gasteiger partial charge in [0.05, 0.1) is 10.1 Å². The molecule has 0 saturated heterocycles. The number of hydrogen-bond acceptors (Lipinski definition) is 2. The highest BCUT2D eigenvalue weighted by atomic mass is 35.5. The van der Waals surface area contributed by atoms with E-state index in [2.05, 4.69) is 0 Å². The number of halogens is 2. The fraction of sp³-hybridized carbons (Fsp3) is 0.429. The molecule has 1 aliphatic rings. The first kappa shape index (κ1) is 9.07. The van der Waals surface area contributed by atoms with E-state index in [9.17, 15) is 10.2 Å². The average molecular weight is 195 g/mol. The Bertz CT molecular complexity index is 233. The van der Waals surface area contributed by atoms with Crippen LogP contribution < -0.4 is 0 Å². The van der Waals surface area contributed by atoms with Crippen molar-refractivity contribution in [3.63, 3.8) is 0 Å². The molecule has 0 aromatic heterocycles. The summed E-state index contributed by atoms with van der Waals surface area (Å²) in [5, 5.41) is 18.9. The molecule has 0 spiro atoms. The molecule has 0 aromatic rings. The number of aliphatic hydroxyl groups is 2. The van der Waals surface area contributed by atoms with Crippen LogP contribution in [0.3, 0.4) is 0 Å². The highest BCUT2D eigenvalue weighted by molar-refractivity contribution is 6.40. The van der Waals surface area contributed by atoms with Crippen LogP contribution in [0.2, 0.25) is 0 Å². The second kappa shape index (κ2) is 3.15. The van der Waals surface area contributed by atoms with Gasteiger partial charge in [-0.3, -0.25) is 0 Å². The van der Waals surface area contributed by atoms with E-state index in [4.69, 9.17) is 23.2 Å². The van der Waals surface area contributed by atoms with Crippen molar-refractivity contribution >= 4 is 23.2 Å². The van der Waals surface area contributed by atoms with E-state index in [0.29, 0.717) is 10.6 Å². The third-order valence-corrected chi connectivity index (χ3v) is 2.44. The maximum absolute atomic E-state index is 9.24. The smallest absolute Gasteiger partial charge is 0.121 e. The Morgan fingerprint density at radius 1 is 1.27 bits per heavy atom. The van der Waals surface area contributed by atoms with Crippen molar-refractivity contribution in [2.75, 3.05) is 0 Å². The molecule has 0 bridgehead atoms. The van der Waals surface area contributed by atoms with Gasteiger partial charge in [0.15, 0.2) is 0 Å². The molecule has 0 radical (unpaired) electrons. The van der Waals surface area contributed by atoms with Gasteiger partial charge in [0.25, 0.3) is 0 Å². The summed E-state index contributed by atoms with van der Waals surface area (Å²) in [7, 11) is 0. The van der Waals surface area contributed by atoms with Crippen molar-refractivity contribution in [2.45, 2.75) is 19.1 Å². The van der Waals surface area contributed by atoms with Gasteiger partial charge in [-0.15, -0.1) is 0 Å². The largest absolute Gasteiger partial charge is 0.386 e. The number of hydrogen-bond donors (Lipinski definition) is 2. The van der Waals surface area contributed by atoms with Crippen LogP contribution in [-0.2, 0) is 0 Å². The van der Waals surface area contributed by atoms with Gasteiger partial charge in [-0.05, 0) is 18.6 Å².